The lowest BCUT2D eigenvalue weighted by atomic mass is 9.98. The molecule has 0 fully saturated rings. The standard InChI is InChI=1S/C19H34N2/c1-7-17(6)21(9-3)11-10-19(20-8-2)18-13-15(4)12-16(5)14-18/h12-14,17,19-20H,7-11H2,1-6H3. The number of benzene rings is 1. The Labute approximate surface area is 131 Å². The van der Waals surface area contributed by atoms with Gasteiger partial charge in [-0.05, 0) is 52.3 Å². The molecule has 0 heterocycles. The van der Waals surface area contributed by atoms with Crippen LogP contribution in [0.1, 0.15) is 63.3 Å². The van der Waals surface area contributed by atoms with Gasteiger partial charge in [-0.15, -0.1) is 0 Å². The molecule has 2 atom stereocenters. The largest absolute Gasteiger partial charge is 0.310 e. The van der Waals surface area contributed by atoms with E-state index in [1.54, 1.807) is 0 Å². The second kappa shape index (κ2) is 9.22. The van der Waals surface area contributed by atoms with Crippen molar-refractivity contribution in [3.63, 3.8) is 0 Å². The predicted octanol–water partition coefficient (Wildman–Crippen LogP) is 4.46. The molecule has 0 saturated heterocycles. The number of aryl methyl sites for hydroxylation is 2. The Bertz CT molecular complexity index is 394. The second-order valence-corrected chi connectivity index (χ2v) is 6.21. The molecule has 0 amide bonds. The smallest absolute Gasteiger partial charge is 0.0332 e. The summed E-state index contributed by atoms with van der Waals surface area (Å²) in [6.07, 6.45) is 2.40. The van der Waals surface area contributed by atoms with E-state index in [-0.39, 0.29) is 0 Å². The molecule has 1 rings (SSSR count). The average Bonchev–Trinajstić information content (AvgIpc) is 2.45. The normalized spacial score (nSPS) is 14.4. The number of nitrogens with one attached hydrogen (secondary N) is 1. The van der Waals surface area contributed by atoms with Crippen molar-refractivity contribution in [3.8, 4) is 0 Å². The Morgan fingerprint density at radius 1 is 1.05 bits per heavy atom. The summed E-state index contributed by atoms with van der Waals surface area (Å²) in [5, 5.41) is 3.66. The highest BCUT2D eigenvalue weighted by molar-refractivity contribution is 5.30. The molecule has 0 spiro atoms. The first kappa shape index (κ1) is 18.2. The van der Waals surface area contributed by atoms with Crippen LogP contribution in [0.15, 0.2) is 18.2 Å². The van der Waals surface area contributed by atoms with Crippen LogP contribution in [0.4, 0.5) is 0 Å². The highest BCUT2D eigenvalue weighted by Crippen LogP contribution is 2.21. The third kappa shape index (κ3) is 5.80. The fourth-order valence-electron chi connectivity index (χ4n) is 3.09. The molecule has 0 saturated carbocycles. The van der Waals surface area contributed by atoms with Crippen molar-refractivity contribution in [1.82, 2.24) is 10.2 Å². The zero-order valence-electron chi connectivity index (χ0n) is 14.9. The molecule has 21 heavy (non-hydrogen) atoms. The molecular formula is C19H34N2. The number of hydrogen-bond acceptors (Lipinski definition) is 2. The van der Waals surface area contributed by atoms with Crippen LogP contribution in [0.2, 0.25) is 0 Å². The van der Waals surface area contributed by atoms with E-state index in [9.17, 15) is 0 Å². The molecule has 0 aromatic heterocycles. The zero-order valence-corrected chi connectivity index (χ0v) is 14.9. The van der Waals surface area contributed by atoms with Crippen LogP contribution in [-0.4, -0.2) is 30.6 Å². The van der Waals surface area contributed by atoms with Crippen LogP contribution in [0.3, 0.4) is 0 Å². The lowest BCUT2D eigenvalue weighted by Gasteiger charge is -2.29. The summed E-state index contributed by atoms with van der Waals surface area (Å²) in [7, 11) is 0. The first-order valence-electron chi connectivity index (χ1n) is 8.57. The van der Waals surface area contributed by atoms with Gasteiger partial charge in [0.2, 0.25) is 0 Å². The molecule has 1 aromatic rings. The summed E-state index contributed by atoms with van der Waals surface area (Å²) in [5.74, 6) is 0. The van der Waals surface area contributed by atoms with Gasteiger partial charge in [0.1, 0.15) is 0 Å². The van der Waals surface area contributed by atoms with Crippen LogP contribution >= 0.6 is 0 Å². The third-order valence-electron chi connectivity index (χ3n) is 4.42. The first-order valence-corrected chi connectivity index (χ1v) is 8.57. The SMILES string of the molecule is CCNC(CCN(CC)C(C)CC)c1cc(C)cc(C)c1. The summed E-state index contributed by atoms with van der Waals surface area (Å²) < 4.78 is 0. The maximum atomic E-state index is 3.66. The van der Waals surface area contributed by atoms with E-state index in [0.29, 0.717) is 12.1 Å². The maximum Gasteiger partial charge on any atom is 0.0332 e. The molecule has 0 radical (unpaired) electrons. The fourth-order valence-corrected chi connectivity index (χ4v) is 3.09. The molecule has 2 unspecified atom stereocenters. The van der Waals surface area contributed by atoms with Crippen molar-refractivity contribution in [2.45, 2.75) is 66.5 Å². The molecule has 0 bridgehead atoms. The minimum atomic E-state index is 0.465. The lowest BCUT2D eigenvalue weighted by molar-refractivity contribution is 0.203. The molecule has 0 aliphatic heterocycles. The van der Waals surface area contributed by atoms with E-state index in [0.717, 1.165) is 19.6 Å². The van der Waals surface area contributed by atoms with Crippen molar-refractivity contribution in [3.05, 3.63) is 34.9 Å². The Morgan fingerprint density at radius 3 is 2.14 bits per heavy atom. The topological polar surface area (TPSA) is 15.3 Å². The van der Waals surface area contributed by atoms with E-state index in [2.05, 4.69) is 70.0 Å². The molecule has 2 nitrogen and oxygen atoms in total. The Morgan fingerprint density at radius 2 is 1.67 bits per heavy atom. The van der Waals surface area contributed by atoms with E-state index in [1.807, 2.05) is 0 Å². The van der Waals surface area contributed by atoms with Gasteiger partial charge < -0.3 is 10.2 Å². The van der Waals surface area contributed by atoms with Crippen molar-refractivity contribution in [1.29, 1.82) is 0 Å². The number of rotatable bonds is 9. The van der Waals surface area contributed by atoms with Crippen molar-refractivity contribution >= 4 is 0 Å². The van der Waals surface area contributed by atoms with Crippen molar-refractivity contribution in [2.75, 3.05) is 19.6 Å². The molecular weight excluding hydrogens is 256 g/mol. The van der Waals surface area contributed by atoms with Gasteiger partial charge in [-0.2, -0.15) is 0 Å². The molecule has 1 N–H and O–H groups in total. The van der Waals surface area contributed by atoms with Crippen LogP contribution in [0.5, 0.6) is 0 Å². The van der Waals surface area contributed by atoms with Gasteiger partial charge in [0.05, 0.1) is 0 Å². The second-order valence-electron chi connectivity index (χ2n) is 6.21. The van der Waals surface area contributed by atoms with Gasteiger partial charge in [-0.25, -0.2) is 0 Å². The Balaban J connectivity index is 2.77. The van der Waals surface area contributed by atoms with E-state index < -0.39 is 0 Å². The third-order valence-corrected chi connectivity index (χ3v) is 4.42. The minimum absolute atomic E-state index is 0.465. The summed E-state index contributed by atoms with van der Waals surface area (Å²) in [6, 6.07) is 8.06. The van der Waals surface area contributed by atoms with Crippen LogP contribution in [0.25, 0.3) is 0 Å². The predicted molar refractivity (Wildman–Crippen MR) is 94.0 cm³/mol. The lowest BCUT2D eigenvalue weighted by Crippen LogP contribution is -2.35. The highest BCUT2D eigenvalue weighted by atomic mass is 15.1. The zero-order chi connectivity index (χ0) is 15.8. The Hall–Kier alpha value is -0.860. The van der Waals surface area contributed by atoms with Gasteiger partial charge in [0, 0.05) is 18.6 Å². The van der Waals surface area contributed by atoms with Crippen LogP contribution < -0.4 is 5.32 Å². The summed E-state index contributed by atoms with van der Waals surface area (Å²) in [5.41, 5.74) is 4.17. The van der Waals surface area contributed by atoms with Gasteiger partial charge in [-0.1, -0.05) is 50.1 Å². The summed E-state index contributed by atoms with van der Waals surface area (Å²) in [4.78, 5) is 2.59. The van der Waals surface area contributed by atoms with Crippen LogP contribution in [0, 0.1) is 13.8 Å². The van der Waals surface area contributed by atoms with E-state index in [1.165, 1.54) is 29.5 Å². The molecule has 0 aliphatic rings. The average molecular weight is 290 g/mol. The van der Waals surface area contributed by atoms with E-state index in [4.69, 9.17) is 0 Å². The molecule has 2 heteroatoms. The van der Waals surface area contributed by atoms with Crippen molar-refractivity contribution in [2.24, 2.45) is 0 Å². The summed E-state index contributed by atoms with van der Waals surface area (Å²) >= 11 is 0. The highest BCUT2D eigenvalue weighted by Gasteiger charge is 2.15. The first-order chi connectivity index (χ1) is 10.0. The maximum absolute atomic E-state index is 3.66. The summed E-state index contributed by atoms with van der Waals surface area (Å²) in [6.45, 7) is 16.8. The minimum Gasteiger partial charge on any atom is -0.310 e. The molecule has 1 aromatic carbocycles. The van der Waals surface area contributed by atoms with Crippen LogP contribution in [-0.2, 0) is 0 Å². The number of nitrogens with zero attached hydrogens (tertiary/aromatic N) is 1. The van der Waals surface area contributed by atoms with Gasteiger partial charge in [0.25, 0.3) is 0 Å². The number of hydrogen-bond donors (Lipinski definition) is 1. The molecule has 120 valence electrons. The Kier molecular flexibility index (Phi) is 7.98. The van der Waals surface area contributed by atoms with Gasteiger partial charge in [-0.3, -0.25) is 0 Å². The quantitative estimate of drug-likeness (QED) is 0.722. The van der Waals surface area contributed by atoms with E-state index >= 15 is 0 Å². The molecule has 0 aliphatic carbocycles. The van der Waals surface area contributed by atoms with Gasteiger partial charge in [0.15, 0.2) is 0 Å². The fraction of sp³-hybridized carbons (Fsp3) is 0.684. The monoisotopic (exact) mass is 290 g/mol. The van der Waals surface area contributed by atoms with Crippen molar-refractivity contribution < 1.29 is 0 Å². The van der Waals surface area contributed by atoms with Gasteiger partial charge >= 0.3 is 0 Å².